The second-order valence-electron chi connectivity index (χ2n) is 5.14. The van der Waals surface area contributed by atoms with Crippen LogP contribution in [-0.4, -0.2) is 16.6 Å². The molecule has 1 heterocycles. The van der Waals surface area contributed by atoms with Gasteiger partial charge in [-0.25, -0.2) is 0 Å². The molecule has 0 aliphatic carbocycles. The van der Waals surface area contributed by atoms with Crippen LogP contribution in [0.3, 0.4) is 0 Å². The van der Waals surface area contributed by atoms with Crippen molar-refractivity contribution in [2.75, 3.05) is 0 Å². The van der Waals surface area contributed by atoms with Gasteiger partial charge in [-0.2, -0.15) is 0 Å². The van der Waals surface area contributed by atoms with E-state index >= 15 is 0 Å². The van der Waals surface area contributed by atoms with Gasteiger partial charge in [-0.05, 0) is 20.8 Å². The second kappa shape index (κ2) is 4.64. The SMILES string of the molecule is CC(C)(C)NC(=O)c1cnoc1-c1ccccc1. The van der Waals surface area contributed by atoms with E-state index in [1.165, 1.54) is 6.20 Å². The maximum Gasteiger partial charge on any atom is 0.257 e. The Morgan fingerprint density at radius 2 is 1.89 bits per heavy atom. The molecule has 94 valence electrons. The standard InChI is InChI=1S/C14H16N2O2/c1-14(2,3)16-13(17)11-9-15-18-12(11)10-7-5-4-6-8-10/h4-9H,1-3H3,(H,16,17). The predicted molar refractivity (Wildman–Crippen MR) is 69.2 cm³/mol. The summed E-state index contributed by atoms with van der Waals surface area (Å²) < 4.78 is 5.18. The first kappa shape index (κ1) is 12.4. The Hall–Kier alpha value is -2.10. The van der Waals surface area contributed by atoms with E-state index in [-0.39, 0.29) is 11.4 Å². The first-order valence-corrected chi connectivity index (χ1v) is 5.80. The van der Waals surface area contributed by atoms with E-state index in [9.17, 15) is 4.79 Å². The molecule has 0 aliphatic rings. The minimum absolute atomic E-state index is 0.178. The molecular weight excluding hydrogens is 228 g/mol. The molecule has 0 atom stereocenters. The quantitative estimate of drug-likeness (QED) is 0.883. The van der Waals surface area contributed by atoms with E-state index in [2.05, 4.69) is 10.5 Å². The number of rotatable bonds is 2. The van der Waals surface area contributed by atoms with Gasteiger partial charge in [0.1, 0.15) is 5.56 Å². The van der Waals surface area contributed by atoms with E-state index in [1.807, 2.05) is 51.1 Å². The van der Waals surface area contributed by atoms with E-state index in [1.54, 1.807) is 0 Å². The molecule has 0 spiro atoms. The molecule has 1 N–H and O–H groups in total. The van der Waals surface area contributed by atoms with Gasteiger partial charge in [0, 0.05) is 11.1 Å². The van der Waals surface area contributed by atoms with E-state index in [4.69, 9.17) is 4.52 Å². The third-order valence-electron chi connectivity index (χ3n) is 2.34. The lowest BCUT2D eigenvalue weighted by Crippen LogP contribution is -2.40. The lowest BCUT2D eigenvalue weighted by molar-refractivity contribution is 0.0920. The maximum absolute atomic E-state index is 12.1. The summed E-state index contributed by atoms with van der Waals surface area (Å²) in [6.07, 6.45) is 1.45. The minimum atomic E-state index is -0.289. The molecule has 1 aromatic heterocycles. The van der Waals surface area contributed by atoms with Gasteiger partial charge < -0.3 is 9.84 Å². The molecule has 2 rings (SSSR count). The number of aromatic nitrogens is 1. The normalized spacial score (nSPS) is 11.3. The number of hydrogen-bond donors (Lipinski definition) is 1. The Morgan fingerprint density at radius 1 is 1.22 bits per heavy atom. The van der Waals surface area contributed by atoms with Crippen LogP contribution in [-0.2, 0) is 0 Å². The van der Waals surface area contributed by atoms with Gasteiger partial charge in [-0.1, -0.05) is 35.5 Å². The van der Waals surface area contributed by atoms with Gasteiger partial charge in [0.05, 0.1) is 6.20 Å². The molecule has 0 unspecified atom stereocenters. The molecule has 4 heteroatoms. The molecule has 0 aliphatic heterocycles. The van der Waals surface area contributed by atoms with Crippen molar-refractivity contribution in [3.05, 3.63) is 42.1 Å². The van der Waals surface area contributed by atoms with Crippen molar-refractivity contribution in [1.29, 1.82) is 0 Å². The molecule has 0 fully saturated rings. The molecule has 1 amide bonds. The van der Waals surface area contributed by atoms with Crippen LogP contribution >= 0.6 is 0 Å². The highest BCUT2D eigenvalue weighted by molar-refractivity contribution is 5.99. The third-order valence-corrected chi connectivity index (χ3v) is 2.34. The van der Waals surface area contributed by atoms with Crippen LogP contribution in [0, 0.1) is 0 Å². The molecule has 2 aromatic rings. The first-order chi connectivity index (χ1) is 8.47. The summed E-state index contributed by atoms with van der Waals surface area (Å²) in [6, 6.07) is 9.46. The highest BCUT2D eigenvalue weighted by Gasteiger charge is 2.21. The van der Waals surface area contributed by atoms with Gasteiger partial charge in [0.25, 0.3) is 5.91 Å². The fourth-order valence-corrected chi connectivity index (χ4v) is 1.61. The number of hydrogen-bond acceptors (Lipinski definition) is 3. The average Bonchev–Trinajstić information content (AvgIpc) is 2.76. The van der Waals surface area contributed by atoms with Crippen LogP contribution in [0.1, 0.15) is 31.1 Å². The largest absolute Gasteiger partial charge is 0.355 e. The topological polar surface area (TPSA) is 55.1 Å². The van der Waals surface area contributed by atoms with Gasteiger partial charge in [-0.3, -0.25) is 4.79 Å². The zero-order valence-corrected chi connectivity index (χ0v) is 10.7. The first-order valence-electron chi connectivity index (χ1n) is 5.80. The molecule has 4 nitrogen and oxygen atoms in total. The number of carbonyl (C=O) groups is 1. The fourth-order valence-electron chi connectivity index (χ4n) is 1.61. The lowest BCUT2D eigenvalue weighted by Gasteiger charge is -2.20. The zero-order valence-electron chi connectivity index (χ0n) is 10.7. The minimum Gasteiger partial charge on any atom is -0.355 e. The Morgan fingerprint density at radius 3 is 2.50 bits per heavy atom. The van der Waals surface area contributed by atoms with Crippen molar-refractivity contribution in [2.24, 2.45) is 0 Å². The van der Waals surface area contributed by atoms with Crippen LogP contribution in [0.2, 0.25) is 0 Å². The molecule has 1 aromatic carbocycles. The zero-order chi connectivity index (χ0) is 13.2. The summed E-state index contributed by atoms with van der Waals surface area (Å²) in [5.74, 6) is 0.319. The van der Waals surface area contributed by atoms with Crippen molar-refractivity contribution >= 4 is 5.91 Å². The maximum atomic E-state index is 12.1. The highest BCUT2D eigenvalue weighted by Crippen LogP contribution is 2.23. The Labute approximate surface area is 106 Å². The van der Waals surface area contributed by atoms with Crippen molar-refractivity contribution in [1.82, 2.24) is 10.5 Å². The van der Waals surface area contributed by atoms with Crippen LogP contribution in [0.5, 0.6) is 0 Å². The smallest absolute Gasteiger partial charge is 0.257 e. The molecule has 0 bridgehead atoms. The van der Waals surface area contributed by atoms with Crippen LogP contribution in [0.15, 0.2) is 41.1 Å². The number of nitrogens with zero attached hydrogens (tertiary/aromatic N) is 1. The van der Waals surface area contributed by atoms with E-state index in [0.29, 0.717) is 11.3 Å². The van der Waals surface area contributed by atoms with Crippen molar-refractivity contribution in [2.45, 2.75) is 26.3 Å². The van der Waals surface area contributed by atoms with Gasteiger partial charge >= 0.3 is 0 Å². The molecule has 0 saturated carbocycles. The predicted octanol–water partition coefficient (Wildman–Crippen LogP) is 2.87. The molecular formula is C14H16N2O2. The van der Waals surface area contributed by atoms with Gasteiger partial charge in [-0.15, -0.1) is 0 Å². The number of nitrogens with one attached hydrogen (secondary N) is 1. The van der Waals surface area contributed by atoms with Crippen LogP contribution in [0.25, 0.3) is 11.3 Å². The van der Waals surface area contributed by atoms with Gasteiger partial charge in [0.2, 0.25) is 0 Å². The monoisotopic (exact) mass is 244 g/mol. The Bertz CT molecular complexity index is 538. The average molecular weight is 244 g/mol. The second-order valence-corrected chi connectivity index (χ2v) is 5.14. The summed E-state index contributed by atoms with van der Waals surface area (Å²) in [5, 5.41) is 6.61. The fraction of sp³-hybridized carbons (Fsp3) is 0.286. The van der Waals surface area contributed by atoms with Gasteiger partial charge in [0.15, 0.2) is 5.76 Å². The summed E-state index contributed by atoms with van der Waals surface area (Å²) >= 11 is 0. The Kier molecular flexibility index (Phi) is 3.19. The van der Waals surface area contributed by atoms with Crippen LogP contribution in [0.4, 0.5) is 0 Å². The molecule has 0 radical (unpaired) electrons. The van der Waals surface area contributed by atoms with Crippen molar-refractivity contribution in [3.8, 4) is 11.3 Å². The number of amides is 1. The molecule has 0 saturated heterocycles. The summed E-state index contributed by atoms with van der Waals surface area (Å²) in [5.41, 5.74) is 1.01. The summed E-state index contributed by atoms with van der Waals surface area (Å²) in [6.45, 7) is 5.79. The lowest BCUT2D eigenvalue weighted by atomic mass is 10.1. The Balaban J connectivity index is 2.32. The van der Waals surface area contributed by atoms with E-state index < -0.39 is 0 Å². The van der Waals surface area contributed by atoms with E-state index in [0.717, 1.165) is 5.56 Å². The van der Waals surface area contributed by atoms with Crippen molar-refractivity contribution in [3.63, 3.8) is 0 Å². The van der Waals surface area contributed by atoms with Crippen LogP contribution < -0.4 is 5.32 Å². The molecule has 18 heavy (non-hydrogen) atoms. The van der Waals surface area contributed by atoms with Crippen molar-refractivity contribution < 1.29 is 9.32 Å². The summed E-state index contributed by atoms with van der Waals surface area (Å²) in [7, 11) is 0. The third kappa shape index (κ3) is 2.77. The summed E-state index contributed by atoms with van der Waals surface area (Å²) in [4.78, 5) is 12.1. The highest BCUT2D eigenvalue weighted by atomic mass is 16.5. The number of carbonyl (C=O) groups excluding carboxylic acids is 1. The number of benzene rings is 1.